The molecule has 0 aromatic heterocycles. The van der Waals surface area contributed by atoms with E-state index in [0.29, 0.717) is 6.10 Å². The Labute approximate surface area is 104 Å². The van der Waals surface area contributed by atoms with Gasteiger partial charge in [0.15, 0.2) is 0 Å². The van der Waals surface area contributed by atoms with E-state index >= 15 is 0 Å². The second-order valence-corrected chi connectivity index (χ2v) is 5.29. The predicted octanol–water partition coefficient (Wildman–Crippen LogP) is 2.72. The first-order chi connectivity index (χ1) is 8.35. The van der Waals surface area contributed by atoms with Gasteiger partial charge >= 0.3 is 0 Å². The van der Waals surface area contributed by atoms with Crippen LogP contribution in [0.5, 0.6) is 5.75 Å². The lowest BCUT2D eigenvalue weighted by Gasteiger charge is -2.44. The van der Waals surface area contributed by atoms with Crippen LogP contribution in [0.3, 0.4) is 0 Å². The van der Waals surface area contributed by atoms with Crippen LogP contribution in [0.1, 0.15) is 25.3 Å². The van der Waals surface area contributed by atoms with E-state index in [1.807, 2.05) is 0 Å². The second-order valence-electron chi connectivity index (χ2n) is 5.29. The van der Waals surface area contributed by atoms with Crippen LogP contribution >= 0.6 is 0 Å². The lowest BCUT2D eigenvalue weighted by atomic mass is 9.86. The Hall–Kier alpha value is -1.02. The molecular weight excluding hydrogens is 210 g/mol. The van der Waals surface area contributed by atoms with E-state index in [1.165, 1.54) is 31.5 Å². The summed E-state index contributed by atoms with van der Waals surface area (Å²) in [4.78, 5) is 2.53. The molecule has 4 rings (SSSR count). The van der Waals surface area contributed by atoms with E-state index in [9.17, 15) is 0 Å². The molecule has 3 heterocycles. The molecule has 92 valence electrons. The lowest BCUT2D eigenvalue weighted by molar-refractivity contribution is -0.00776. The van der Waals surface area contributed by atoms with E-state index in [2.05, 4.69) is 36.1 Å². The van der Waals surface area contributed by atoms with Crippen molar-refractivity contribution in [3.63, 3.8) is 0 Å². The Morgan fingerprint density at radius 3 is 2.41 bits per heavy atom. The summed E-state index contributed by atoms with van der Waals surface area (Å²) in [5.41, 5.74) is 1.38. The fraction of sp³-hybridized carbons (Fsp3) is 0.600. The SMILES string of the molecule is CCc1ccc(OC2CN3CCC2CC3)cc1. The molecule has 0 radical (unpaired) electrons. The Bertz CT molecular complexity index is 365. The summed E-state index contributed by atoms with van der Waals surface area (Å²) in [5, 5.41) is 0. The van der Waals surface area contributed by atoms with Gasteiger partial charge in [-0.25, -0.2) is 0 Å². The van der Waals surface area contributed by atoms with Gasteiger partial charge in [-0.3, -0.25) is 4.90 Å². The third-order valence-corrected chi connectivity index (χ3v) is 4.22. The highest BCUT2D eigenvalue weighted by Crippen LogP contribution is 2.30. The molecule has 0 N–H and O–H groups in total. The Balaban J connectivity index is 1.66. The largest absolute Gasteiger partial charge is 0.489 e. The van der Waals surface area contributed by atoms with Crippen LogP contribution in [0.25, 0.3) is 0 Å². The molecule has 1 unspecified atom stereocenters. The number of benzene rings is 1. The molecule has 2 bridgehead atoms. The summed E-state index contributed by atoms with van der Waals surface area (Å²) < 4.78 is 6.15. The van der Waals surface area contributed by atoms with Crippen molar-refractivity contribution in [3.8, 4) is 5.75 Å². The first-order valence-corrected chi connectivity index (χ1v) is 6.83. The number of rotatable bonds is 3. The second kappa shape index (κ2) is 4.69. The minimum absolute atomic E-state index is 0.421. The van der Waals surface area contributed by atoms with Gasteiger partial charge in [-0.2, -0.15) is 0 Å². The zero-order valence-electron chi connectivity index (χ0n) is 10.6. The molecule has 1 atom stereocenters. The maximum atomic E-state index is 6.15. The van der Waals surface area contributed by atoms with Gasteiger partial charge in [0, 0.05) is 6.54 Å². The molecule has 0 amide bonds. The number of nitrogens with zero attached hydrogens (tertiary/aromatic N) is 1. The van der Waals surface area contributed by atoms with Gasteiger partial charge in [0.05, 0.1) is 0 Å². The molecule has 3 aliphatic rings. The Morgan fingerprint density at radius 2 is 1.88 bits per heavy atom. The Morgan fingerprint density at radius 1 is 1.18 bits per heavy atom. The molecule has 1 aromatic carbocycles. The van der Waals surface area contributed by atoms with Crippen LogP contribution in [-0.2, 0) is 6.42 Å². The van der Waals surface area contributed by atoms with Gasteiger partial charge in [0.1, 0.15) is 11.9 Å². The number of fused-ring (bicyclic) bond motifs is 3. The van der Waals surface area contributed by atoms with Crippen molar-refractivity contribution in [2.45, 2.75) is 32.3 Å². The highest BCUT2D eigenvalue weighted by atomic mass is 16.5. The maximum Gasteiger partial charge on any atom is 0.119 e. The third-order valence-electron chi connectivity index (χ3n) is 4.22. The quantitative estimate of drug-likeness (QED) is 0.793. The van der Waals surface area contributed by atoms with Crippen molar-refractivity contribution in [1.29, 1.82) is 0 Å². The van der Waals surface area contributed by atoms with Gasteiger partial charge in [0.2, 0.25) is 0 Å². The lowest BCUT2D eigenvalue weighted by Crippen LogP contribution is -2.52. The molecular formula is C15H21NO. The van der Waals surface area contributed by atoms with E-state index in [0.717, 1.165) is 24.6 Å². The topological polar surface area (TPSA) is 12.5 Å². The summed E-state index contributed by atoms with van der Waals surface area (Å²) in [6, 6.07) is 8.60. The first-order valence-electron chi connectivity index (χ1n) is 6.83. The minimum Gasteiger partial charge on any atom is -0.489 e. The van der Waals surface area contributed by atoms with Crippen LogP contribution in [0.15, 0.2) is 24.3 Å². The van der Waals surface area contributed by atoms with E-state index in [4.69, 9.17) is 4.74 Å². The number of ether oxygens (including phenoxy) is 1. The minimum atomic E-state index is 0.421. The normalized spacial score (nSPS) is 31.5. The van der Waals surface area contributed by atoms with Gasteiger partial charge in [-0.1, -0.05) is 19.1 Å². The van der Waals surface area contributed by atoms with Crippen molar-refractivity contribution >= 4 is 0 Å². The molecule has 2 heteroatoms. The van der Waals surface area contributed by atoms with Crippen LogP contribution < -0.4 is 4.74 Å². The van der Waals surface area contributed by atoms with Crippen molar-refractivity contribution in [2.24, 2.45) is 5.92 Å². The molecule has 17 heavy (non-hydrogen) atoms. The smallest absolute Gasteiger partial charge is 0.119 e. The number of piperidine rings is 3. The van der Waals surface area contributed by atoms with Crippen molar-refractivity contribution < 1.29 is 4.74 Å². The van der Waals surface area contributed by atoms with Crippen molar-refractivity contribution in [1.82, 2.24) is 4.90 Å². The fourth-order valence-corrected chi connectivity index (χ4v) is 3.02. The molecule has 3 saturated heterocycles. The third kappa shape index (κ3) is 2.32. The summed E-state index contributed by atoms with van der Waals surface area (Å²) in [6.07, 6.45) is 4.15. The number of hydrogen-bond acceptors (Lipinski definition) is 2. The van der Waals surface area contributed by atoms with Crippen molar-refractivity contribution in [3.05, 3.63) is 29.8 Å². The standard InChI is InChI=1S/C15H21NO/c1-2-12-3-5-14(6-4-12)17-15-11-16-9-7-13(15)8-10-16/h3-6,13,15H,2,7-11H2,1H3. The molecule has 3 fully saturated rings. The number of aryl methyl sites for hydroxylation is 1. The molecule has 2 nitrogen and oxygen atoms in total. The van der Waals surface area contributed by atoms with Gasteiger partial charge in [-0.05, 0) is 56.0 Å². The zero-order chi connectivity index (χ0) is 11.7. The van der Waals surface area contributed by atoms with Gasteiger partial charge < -0.3 is 4.74 Å². The van der Waals surface area contributed by atoms with E-state index in [1.54, 1.807) is 0 Å². The van der Waals surface area contributed by atoms with Crippen LogP contribution in [0, 0.1) is 5.92 Å². The van der Waals surface area contributed by atoms with Crippen molar-refractivity contribution in [2.75, 3.05) is 19.6 Å². The van der Waals surface area contributed by atoms with Crippen LogP contribution in [-0.4, -0.2) is 30.6 Å². The molecule has 0 saturated carbocycles. The fourth-order valence-electron chi connectivity index (χ4n) is 3.02. The molecule has 3 aliphatic heterocycles. The highest BCUT2D eigenvalue weighted by Gasteiger charge is 2.35. The number of hydrogen-bond donors (Lipinski definition) is 0. The summed E-state index contributed by atoms with van der Waals surface area (Å²) in [6.45, 7) is 5.86. The summed E-state index contributed by atoms with van der Waals surface area (Å²) >= 11 is 0. The van der Waals surface area contributed by atoms with Gasteiger partial charge in [-0.15, -0.1) is 0 Å². The Kier molecular flexibility index (Phi) is 3.06. The molecule has 1 aromatic rings. The van der Waals surface area contributed by atoms with Crippen LogP contribution in [0.4, 0.5) is 0 Å². The van der Waals surface area contributed by atoms with E-state index < -0.39 is 0 Å². The average molecular weight is 231 g/mol. The highest BCUT2D eigenvalue weighted by molar-refractivity contribution is 5.27. The first kappa shape index (κ1) is 11.1. The zero-order valence-corrected chi connectivity index (χ0v) is 10.6. The average Bonchev–Trinajstić information content (AvgIpc) is 2.41. The predicted molar refractivity (Wildman–Crippen MR) is 69.4 cm³/mol. The van der Waals surface area contributed by atoms with Crippen LogP contribution in [0.2, 0.25) is 0 Å². The molecule has 0 aliphatic carbocycles. The summed E-state index contributed by atoms with van der Waals surface area (Å²) in [7, 11) is 0. The summed E-state index contributed by atoms with van der Waals surface area (Å²) in [5.74, 6) is 1.83. The molecule has 0 spiro atoms. The maximum absolute atomic E-state index is 6.15. The van der Waals surface area contributed by atoms with Gasteiger partial charge in [0.25, 0.3) is 0 Å². The monoisotopic (exact) mass is 231 g/mol. The van der Waals surface area contributed by atoms with E-state index in [-0.39, 0.29) is 0 Å².